The van der Waals surface area contributed by atoms with E-state index in [1.165, 1.54) is 5.56 Å². The molecule has 2 rings (SSSR count). The second kappa shape index (κ2) is 12.1. The van der Waals surface area contributed by atoms with Gasteiger partial charge in [0, 0.05) is 32.1 Å². The molecule has 0 saturated carbocycles. The van der Waals surface area contributed by atoms with Crippen molar-refractivity contribution < 1.29 is 9.53 Å². The molecule has 7 nitrogen and oxygen atoms in total. The average Bonchev–Trinajstić information content (AvgIpc) is 2.79. The molecular formula is C24H35N5O2. The number of carbonyl (C=O) groups excluding carboxylic acids is 1. The fraction of sp³-hybridized carbons (Fsp3) is 0.417. The molecule has 0 aliphatic carbocycles. The van der Waals surface area contributed by atoms with E-state index in [1.807, 2.05) is 50.2 Å². The summed E-state index contributed by atoms with van der Waals surface area (Å²) < 4.78 is 5.14. The molecule has 0 radical (unpaired) electrons. The minimum atomic E-state index is 0.0771. The van der Waals surface area contributed by atoms with E-state index < -0.39 is 0 Å². The van der Waals surface area contributed by atoms with Gasteiger partial charge in [0.15, 0.2) is 0 Å². The topological polar surface area (TPSA) is 74.9 Å². The van der Waals surface area contributed by atoms with Crippen LogP contribution in [0.1, 0.15) is 31.4 Å². The molecule has 1 aromatic carbocycles. The van der Waals surface area contributed by atoms with E-state index in [4.69, 9.17) is 10.6 Å². The minimum absolute atomic E-state index is 0.0771. The predicted molar refractivity (Wildman–Crippen MR) is 127 cm³/mol. The Bertz CT molecular complexity index is 847. The van der Waals surface area contributed by atoms with Crippen molar-refractivity contribution in [3.63, 3.8) is 0 Å². The highest BCUT2D eigenvalue weighted by Gasteiger charge is 2.15. The standard InChI is InChI=1S/C24H35N5O2/c1-6-19-8-10-20(11-9-19)22(29(25)21-12-14-23(31-5)26-18-21)13-15-24(30)28(7-2)17-16-27(3)4/h8-14,18H,6-7,15-17,25H2,1-5H3/b22-13-. The van der Waals surface area contributed by atoms with Gasteiger partial charge >= 0.3 is 0 Å². The maximum atomic E-state index is 12.8. The molecule has 7 heteroatoms. The number of benzene rings is 1. The molecule has 0 aliphatic heterocycles. The molecule has 0 aliphatic rings. The van der Waals surface area contributed by atoms with E-state index in [2.05, 4.69) is 28.9 Å². The lowest BCUT2D eigenvalue weighted by Crippen LogP contribution is -2.36. The summed E-state index contributed by atoms with van der Waals surface area (Å²) in [5, 5.41) is 1.57. The van der Waals surface area contributed by atoms with E-state index in [0.29, 0.717) is 24.7 Å². The van der Waals surface area contributed by atoms with Crippen molar-refractivity contribution in [3.8, 4) is 5.88 Å². The monoisotopic (exact) mass is 425 g/mol. The largest absolute Gasteiger partial charge is 0.481 e. The number of nitrogens with two attached hydrogens (primary N) is 1. The van der Waals surface area contributed by atoms with Gasteiger partial charge in [0.1, 0.15) is 0 Å². The van der Waals surface area contributed by atoms with Crippen LogP contribution in [0.2, 0.25) is 0 Å². The van der Waals surface area contributed by atoms with Crippen LogP contribution in [0.15, 0.2) is 48.7 Å². The maximum Gasteiger partial charge on any atom is 0.226 e. The second-order valence-corrected chi connectivity index (χ2v) is 7.55. The van der Waals surface area contributed by atoms with E-state index in [-0.39, 0.29) is 12.3 Å². The van der Waals surface area contributed by atoms with Crippen LogP contribution in [-0.2, 0) is 11.2 Å². The number of hydrazine groups is 1. The predicted octanol–water partition coefficient (Wildman–Crippen LogP) is 3.17. The SMILES string of the molecule is CCc1ccc(/C(=C/CC(=O)N(CC)CCN(C)C)N(N)c2ccc(OC)nc2)cc1. The molecule has 2 aromatic rings. The fourth-order valence-electron chi connectivity index (χ4n) is 3.13. The zero-order valence-electron chi connectivity index (χ0n) is 19.3. The molecule has 0 spiro atoms. The van der Waals surface area contributed by atoms with Crippen molar-refractivity contribution in [2.75, 3.05) is 45.8 Å². The Morgan fingerprint density at radius 1 is 1.10 bits per heavy atom. The third-order valence-corrected chi connectivity index (χ3v) is 5.15. The van der Waals surface area contributed by atoms with Gasteiger partial charge in [-0.1, -0.05) is 31.2 Å². The van der Waals surface area contributed by atoms with Crippen LogP contribution >= 0.6 is 0 Å². The van der Waals surface area contributed by atoms with Gasteiger partial charge in [0.2, 0.25) is 11.8 Å². The quantitative estimate of drug-likeness (QED) is 0.440. The summed E-state index contributed by atoms with van der Waals surface area (Å²) in [5.74, 6) is 7.07. The maximum absolute atomic E-state index is 12.8. The van der Waals surface area contributed by atoms with Gasteiger partial charge in [0.05, 0.1) is 24.7 Å². The van der Waals surface area contributed by atoms with Crippen LogP contribution in [0.3, 0.4) is 0 Å². The van der Waals surface area contributed by atoms with Gasteiger partial charge in [-0.3, -0.25) is 9.80 Å². The molecule has 1 aromatic heterocycles. The van der Waals surface area contributed by atoms with E-state index in [9.17, 15) is 4.79 Å². The molecule has 1 amide bonds. The first-order valence-electron chi connectivity index (χ1n) is 10.7. The lowest BCUT2D eigenvalue weighted by molar-refractivity contribution is -0.130. The summed E-state index contributed by atoms with van der Waals surface area (Å²) in [6.07, 6.45) is 4.78. The Morgan fingerprint density at radius 2 is 1.81 bits per heavy atom. The number of amides is 1. The zero-order valence-corrected chi connectivity index (χ0v) is 19.3. The zero-order chi connectivity index (χ0) is 22.8. The number of carbonyl (C=O) groups is 1. The summed E-state index contributed by atoms with van der Waals surface area (Å²) in [7, 11) is 5.58. The van der Waals surface area contributed by atoms with Gasteiger partial charge in [-0.05, 0) is 50.7 Å². The van der Waals surface area contributed by atoms with Gasteiger partial charge in [-0.2, -0.15) is 0 Å². The normalized spacial score (nSPS) is 11.5. The second-order valence-electron chi connectivity index (χ2n) is 7.55. The van der Waals surface area contributed by atoms with Crippen LogP contribution in [0.5, 0.6) is 5.88 Å². The number of hydrogen-bond donors (Lipinski definition) is 1. The summed E-state index contributed by atoms with van der Waals surface area (Å²) in [6, 6.07) is 11.8. The smallest absolute Gasteiger partial charge is 0.226 e. The van der Waals surface area contributed by atoms with Crippen molar-refractivity contribution >= 4 is 17.3 Å². The molecule has 168 valence electrons. The van der Waals surface area contributed by atoms with E-state index >= 15 is 0 Å². The van der Waals surface area contributed by atoms with Crippen molar-refractivity contribution in [2.24, 2.45) is 5.84 Å². The number of methoxy groups -OCH3 is 1. The van der Waals surface area contributed by atoms with Crippen molar-refractivity contribution in [1.82, 2.24) is 14.8 Å². The summed E-state index contributed by atoms with van der Waals surface area (Å²) in [4.78, 5) is 21.0. The van der Waals surface area contributed by atoms with Crippen molar-refractivity contribution in [1.29, 1.82) is 0 Å². The highest BCUT2D eigenvalue weighted by molar-refractivity contribution is 5.84. The molecule has 0 bridgehead atoms. The van der Waals surface area contributed by atoms with E-state index in [0.717, 1.165) is 24.2 Å². The Labute approximate surface area is 186 Å². The van der Waals surface area contributed by atoms with Gasteiger partial charge in [-0.15, -0.1) is 0 Å². The van der Waals surface area contributed by atoms with E-state index in [1.54, 1.807) is 24.4 Å². The molecular weight excluding hydrogens is 390 g/mol. The van der Waals surface area contributed by atoms with Crippen LogP contribution in [0, 0.1) is 0 Å². The lowest BCUT2D eigenvalue weighted by Gasteiger charge is -2.24. The summed E-state index contributed by atoms with van der Waals surface area (Å²) in [5.41, 5.74) is 3.65. The fourth-order valence-corrected chi connectivity index (χ4v) is 3.13. The van der Waals surface area contributed by atoms with Gasteiger partial charge in [-0.25, -0.2) is 10.8 Å². The number of rotatable bonds is 11. The number of ether oxygens (including phenoxy) is 1. The van der Waals surface area contributed by atoms with Gasteiger partial charge in [0.25, 0.3) is 0 Å². The third-order valence-electron chi connectivity index (χ3n) is 5.15. The van der Waals surface area contributed by atoms with Gasteiger partial charge < -0.3 is 14.5 Å². The van der Waals surface area contributed by atoms with Crippen LogP contribution in [-0.4, -0.2) is 61.5 Å². The minimum Gasteiger partial charge on any atom is -0.481 e. The molecule has 0 unspecified atom stereocenters. The molecule has 2 N–H and O–H groups in total. The number of nitrogens with zero attached hydrogens (tertiary/aromatic N) is 4. The summed E-state index contributed by atoms with van der Waals surface area (Å²) in [6.45, 7) is 6.33. The first-order valence-corrected chi connectivity index (χ1v) is 10.7. The number of pyridine rings is 1. The molecule has 31 heavy (non-hydrogen) atoms. The Balaban J connectivity index is 2.30. The van der Waals surface area contributed by atoms with Crippen molar-refractivity contribution in [2.45, 2.75) is 26.7 Å². The first kappa shape index (κ1) is 24.4. The molecule has 0 saturated heterocycles. The Hall–Kier alpha value is -2.90. The Morgan fingerprint density at radius 3 is 2.32 bits per heavy atom. The average molecular weight is 426 g/mol. The Kier molecular flexibility index (Phi) is 9.49. The summed E-state index contributed by atoms with van der Waals surface area (Å²) >= 11 is 0. The lowest BCUT2D eigenvalue weighted by atomic mass is 10.1. The first-order chi connectivity index (χ1) is 14.9. The highest BCUT2D eigenvalue weighted by Crippen LogP contribution is 2.25. The van der Waals surface area contributed by atoms with Crippen molar-refractivity contribution in [3.05, 3.63) is 59.8 Å². The number of aryl methyl sites for hydroxylation is 1. The number of likely N-dealkylation sites (N-methyl/N-ethyl adjacent to an activating group) is 2. The highest BCUT2D eigenvalue weighted by atomic mass is 16.5. The third kappa shape index (κ3) is 7.08. The van der Waals surface area contributed by atoms with Crippen LogP contribution in [0.25, 0.3) is 5.70 Å². The number of hydrogen-bond acceptors (Lipinski definition) is 6. The van der Waals surface area contributed by atoms with Crippen LogP contribution in [0.4, 0.5) is 5.69 Å². The van der Waals surface area contributed by atoms with Crippen LogP contribution < -0.4 is 15.6 Å². The molecule has 1 heterocycles. The number of aromatic nitrogens is 1. The molecule has 0 fully saturated rings. The molecule has 0 atom stereocenters. The number of anilines is 1.